The first-order valence-electron chi connectivity index (χ1n) is 3.56. The fourth-order valence-corrected chi connectivity index (χ4v) is 1.78. The van der Waals surface area contributed by atoms with E-state index in [1.807, 2.05) is 29.9 Å². The zero-order valence-corrected chi connectivity index (χ0v) is 8.25. The van der Waals surface area contributed by atoms with E-state index in [1.54, 1.807) is 0 Å². The number of nitrogens with zero attached hydrogens (tertiary/aromatic N) is 1. The highest BCUT2D eigenvalue weighted by Crippen LogP contribution is 2.18. The van der Waals surface area contributed by atoms with Crippen LogP contribution in [0.1, 0.15) is 0 Å². The minimum atomic E-state index is 0.767. The summed E-state index contributed by atoms with van der Waals surface area (Å²) in [7, 11) is 1.94. The quantitative estimate of drug-likeness (QED) is 0.490. The smallest absolute Gasteiger partial charge is 0.127 e. The zero-order valence-electron chi connectivity index (χ0n) is 6.53. The van der Waals surface area contributed by atoms with Gasteiger partial charge in [0.25, 0.3) is 0 Å². The molecule has 12 heavy (non-hydrogen) atoms. The second kappa shape index (κ2) is 2.64. The number of aryl methyl sites for hydroxylation is 1. The third-order valence-corrected chi connectivity index (χ3v) is 2.44. The van der Waals surface area contributed by atoms with Crippen molar-refractivity contribution in [1.29, 1.82) is 0 Å². The predicted molar refractivity (Wildman–Crippen MR) is 55.4 cm³/mol. The molecule has 1 aromatic heterocycles. The van der Waals surface area contributed by atoms with Gasteiger partial charge in [-0.3, -0.25) is 9.78 Å². The molecule has 62 valence electrons. The first-order chi connectivity index (χ1) is 5.68. The summed E-state index contributed by atoms with van der Waals surface area (Å²) in [6.45, 7) is 0. The van der Waals surface area contributed by atoms with Gasteiger partial charge in [-0.2, -0.15) is 0 Å². The highest BCUT2D eigenvalue weighted by molar-refractivity contribution is 7.80. The lowest BCUT2D eigenvalue weighted by atomic mass is 10.2. The van der Waals surface area contributed by atoms with E-state index < -0.39 is 0 Å². The van der Waals surface area contributed by atoms with Crippen molar-refractivity contribution in [2.45, 2.75) is 4.90 Å². The third-order valence-electron chi connectivity index (χ3n) is 1.86. The first-order valence-corrected chi connectivity index (χ1v) is 4.42. The molecule has 2 aromatic rings. The Kier molecular flexibility index (Phi) is 1.73. The topological polar surface area (TPSA) is 20.7 Å². The van der Waals surface area contributed by atoms with Crippen LogP contribution in [0.15, 0.2) is 23.1 Å². The number of aromatic nitrogens is 2. The Balaban J connectivity index is 3.00. The molecule has 0 atom stereocenters. The summed E-state index contributed by atoms with van der Waals surface area (Å²) in [5, 5.41) is 4.10. The number of hydrogen-bond donors (Lipinski definition) is 2. The average Bonchev–Trinajstić information content (AvgIpc) is 2.28. The van der Waals surface area contributed by atoms with Crippen LogP contribution in [0, 0.1) is 4.64 Å². The maximum Gasteiger partial charge on any atom is 0.127 e. The zero-order chi connectivity index (χ0) is 8.72. The Bertz CT molecular complexity index is 481. The SMILES string of the molecule is Cn1[nH]c(=S)c2cc(S)ccc21. The summed E-state index contributed by atoms with van der Waals surface area (Å²) in [5.74, 6) is 0. The van der Waals surface area contributed by atoms with E-state index in [0.717, 1.165) is 20.4 Å². The summed E-state index contributed by atoms with van der Waals surface area (Å²) < 4.78 is 2.67. The van der Waals surface area contributed by atoms with Crippen LogP contribution in [0.5, 0.6) is 0 Å². The molecule has 0 aliphatic rings. The van der Waals surface area contributed by atoms with Gasteiger partial charge in [0.1, 0.15) is 4.64 Å². The van der Waals surface area contributed by atoms with Crippen LogP contribution in [0.3, 0.4) is 0 Å². The number of fused-ring (bicyclic) bond motifs is 1. The molecule has 0 aliphatic heterocycles. The van der Waals surface area contributed by atoms with Gasteiger partial charge in [0.2, 0.25) is 0 Å². The fraction of sp³-hybridized carbons (Fsp3) is 0.125. The Labute approximate surface area is 80.6 Å². The van der Waals surface area contributed by atoms with E-state index in [4.69, 9.17) is 12.2 Å². The average molecular weight is 196 g/mol. The van der Waals surface area contributed by atoms with Gasteiger partial charge in [-0.1, -0.05) is 12.2 Å². The van der Waals surface area contributed by atoms with Gasteiger partial charge in [0.05, 0.1) is 5.52 Å². The molecule has 0 spiro atoms. The molecule has 2 nitrogen and oxygen atoms in total. The highest BCUT2D eigenvalue weighted by Gasteiger charge is 1.99. The van der Waals surface area contributed by atoms with Gasteiger partial charge in [-0.25, -0.2) is 0 Å². The summed E-state index contributed by atoms with van der Waals surface area (Å²) in [6, 6.07) is 5.93. The van der Waals surface area contributed by atoms with Crippen molar-refractivity contribution in [3.8, 4) is 0 Å². The number of nitrogens with one attached hydrogen (secondary N) is 1. The number of benzene rings is 1. The second-order valence-electron chi connectivity index (χ2n) is 2.70. The van der Waals surface area contributed by atoms with Crippen molar-refractivity contribution in [3.63, 3.8) is 0 Å². The summed E-state index contributed by atoms with van der Waals surface area (Å²) in [5.41, 5.74) is 1.11. The maximum absolute atomic E-state index is 5.12. The molecule has 0 bridgehead atoms. The number of thiol groups is 1. The molecule has 2 rings (SSSR count). The van der Waals surface area contributed by atoms with Crippen LogP contribution in [0.2, 0.25) is 0 Å². The molecule has 0 aliphatic carbocycles. The van der Waals surface area contributed by atoms with Crippen molar-refractivity contribution >= 4 is 35.7 Å². The Morgan fingerprint density at radius 1 is 1.50 bits per heavy atom. The van der Waals surface area contributed by atoms with E-state index in [-0.39, 0.29) is 0 Å². The fourth-order valence-electron chi connectivity index (χ4n) is 1.27. The van der Waals surface area contributed by atoms with Gasteiger partial charge in [-0.15, -0.1) is 12.6 Å². The molecule has 0 saturated heterocycles. The Morgan fingerprint density at radius 2 is 2.25 bits per heavy atom. The van der Waals surface area contributed by atoms with Crippen LogP contribution in [-0.4, -0.2) is 9.78 Å². The number of rotatable bonds is 0. The van der Waals surface area contributed by atoms with Crippen LogP contribution in [0.25, 0.3) is 10.9 Å². The van der Waals surface area contributed by atoms with E-state index in [0.29, 0.717) is 0 Å². The van der Waals surface area contributed by atoms with Crippen molar-refractivity contribution in [1.82, 2.24) is 9.78 Å². The van der Waals surface area contributed by atoms with Gasteiger partial charge < -0.3 is 0 Å². The number of aromatic amines is 1. The molecule has 0 fully saturated rings. The van der Waals surface area contributed by atoms with E-state index in [2.05, 4.69) is 17.7 Å². The summed E-state index contributed by atoms with van der Waals surface area (Å²) in [4.78, 5) is 0.938. The van der Waals surface area contributed by atoms with Crippen LogP contribution >= 0.6 is 24.8 Å². The Hall–Kier alpha value is -0.740. The van der Waals surface area contributed by atoms with E-state index in [1.165, 1.54) is 0 Å². The van der Waals surface area contributed by atoms with Crippen molar-refractivity contribution in [3.05, 3.63) is 22.8 Å². The third kappa shape index (κ3) is 1.07. The molecule has 0 saturated carbocycles. The normalized spacial score (nSPS) is 10.8. The highest BCUT2D eigenvalue weighted by atomic mass is 32.1. The molecule has 1 heterocycles. The van der Waals surface area contributed by atoms with Gasteiger partial charge >= 0.3 is 0 Å². The van der Waals surface area contributed by atoms with Crippen molar-refractivity contribution in [2.24, 2.45) is 7.05 Å². The number of H-pyrrole nitrogens is 1. The van der Waals surface area contributed by atoms with Gasteiger partial charge in [-0.05, 0) is 18.2 Å². The first kappa shape index (κ1) is 7.89. The lowest BCUT2D eigenvalue weighted by Gasteiger charge is -1.94. The molecule has 0 amide bonds. The van der Waals surface area contributed by atoms with Crippen LogP contribution < -0.4 is 0 Å². The predicted octanol–water partition coefficient (Wildman–Crippen LogP) is 2.52. The lowest BCUT2D eigenvalue weighted by Crippen LogP contribution is -1.87. The minimum absolute atomic E-state index is 0.767. The van der Waals surface area contributed by atoms with Crippen molar-refractivity contribution in [2.75, 3.05) is 0 Å². The minimum Gasteiger partial charge on any atom is -0.289 e. The molecule has 1 aromatic carbocycles. The molecule has 0 radical (unpaired) electrons. The summed E-state index contributed by atoms with van der Waals surface area (Å²) in [6.07, 6.45) is 0. The Morgan fingerprint density at radius 3 is 3.00 bits per heavy atom. The maximum atomic E-state index is 5.12. The molecular weight excluding hydrogens is 188 g/mol. The monoisotopic (exact) mass is 196 g/mol. The van der Waals surface area contributed by atoms with Gasteiger partial charge in [0.15, 0.2) is 0 Å². The van der Waals surface area contributed by atoms with Gasteiger partial charge in [0, 0.05) is 17.3 Å². The lowest BCUT2D eigenvalue weighted by molar-refractivity contribution is 0.792. The van der Waals surface area contributed by atoms with E-state index >= 15 is 0 Å². The molecular formula is C8H8N2S2. The number of hydrogen-bond acceptors (Lipinski definition) is 2. The second-order valence-corrected chi connectivity index (χ2v) is 3.63. The molecule has 0 unspecified atom stereocenters. The van der Waals surface area contributed by atoms with Crippen LogP contribution in [-0.2, 0) is 7.05 Å². The van der Waals surface area contributed by atoms with Crippen molar-refractivity contribution < 1.29 is 0 Å². The molecule has 1 N–H and O–H groups in total. The van der Waals surface area contributed by atoms with E-state index in [9.17, 15) is 0 Å². The van der Waals surface area contributed by atoms with Crippen LogP contribution in [0.4, 0.5) is 0 Å². The summed E-state index contributed by atoms with van der Waals surface area (Å²) >= 11 is 9.37. The largest absolute Gasteiger partial charge is 0.289 e. The standard InChI is InChI=1S/C8H8N2S2/c1-10-7-3-2-5(11)4-6(7)8(12)9-10/h2-4,11H,1H3,(H,9,12). The molecule has 4 heteroatoms.